The second-order valence-electron chi connectivity index (χ2n) is 7.12. The molecule has 2 aliphatic heterocycles. The van der Waals surface area contributed by atoms with Gasteiger partial charge in [-0.05, 0) is 24.5 Å². The molecular formula is C20H28N2O3. The number of nitrogens with zero attached hydrogens (tertiary/aromatic N) is 2. The fourth-order valence-corrected chi connectivity index (χ4v) is 3.65. The van der Waals surface area contributed by atoms with Crippen molar-refractivity contribution in [2.45, 2.75) is 51.0 Å². The summed E-state index contributed by atoms with van der Waals surface area (Å²) in [4.78, 5) is 28.3. The van der Waals surface area contributed by atoms with Crippen LogP contribution in [0.4, 0.5) is 0 Å². The minimum absolute atomic E-state index is 0.00709. The third-order valence-corrected chi connectivity index (χ3v) is 5.13. The largest absolute Gasteiger partial charge is 0.488 e. The molecule has 0 aromatic heterocycles. The molecule has 0 bridgehead atoms. The van der Waals surface area contributed by atoms with Gasteiger partial charge in [0.2, 0.25) is 11.8 Å². The van der Waals surface area contributed by atoms with Crippen LogP contribution in [0.5, 0.6) is 5.75 Å². The molecule has 0 saturated carbocycles. The molecule has 2 aliphatic rings. The van der Waals surface area contributed by atoms with Crippen LogP contribution in [0.2, 0.25) is 0 Å². The lowest BCUT2D eigenvalue weighted by Crippen LogP contribution is -2.37. The van der Waals surface area contributed by atoms with Gasteiger partial charge < -0.3 is 14.5 Å². The minimum Gasteiger partial charge on any atom is -0.488 e. The lowest BCUT2D eigenvalue weighted by atomic mass is 10.1. The van der Waals surface area contributed by atoms with Crippen LogP contribution in [-0.2, 0) is 16.0 Å². The molecule has 0 radical (unpaired) electrons. The number of benzene rings is 1. The monoisotopic (exact) mass is 344 g/mol. The topological polar surface area (TPSA) is 49.9 Å². The van der Waals surface area contributed by atoms with Crippen molar-refractivity contribution >= 4 is 11.8 Å². The van der Waals surface area contributed by atoms with Crippen molar-refractivity contribution in [1.82, 2.24) is 9.80 Å². The Morgan fingerprint density at radius 3 is 2.56 bits per heavy atom. The van der Waals surface area contributed by atoms with Crippen LogP contribution in [0, 0.1) is 0 Å². The predicted molar refractivity (Wildman–Crippen MR) is 96.5 cm³/mol. The van der Waals surface area contributed by atoms with Crippen LogP contribution in [0.25, 0.3) is 0 Å². The zero-order valence-electron chi connectivity index (χ0n) is 15.1. The predicted octanol–water partition coefficient (Wildman–Crippen LogP) is 2.63. The van der Waals surface area contributed by atoms with Gasteiger partial charge in [-0.2, -0.15) is 0 Å². The number of fused-ring (bicyclic) bond motifs is 1. The molecule has 2 heterocycles. The summed E-state index contributed by atoms with van der Waals surface area (Å²) in [6, 6.07) is 8.01. The van der Waals surface area contributed by atoms with E-state index in [1.807, 2.05) is 23.1 Å². The molecule has 2 amide bonds. The van der Waals surface area contributed by atoms with E-state index in [4.69, 9.17) is 4.74 Å². The molecular weight excluding hydrogens is 316 g/mol. The van der Waals surface area contributed by atoms with Gasteiger partial charge >= 0.3 is 0 Å². The summed E-state index contributed by atoms with van der Waals surface area (Å²) in [5, 5.41) is 0. The van der Waals surface area contributed by atoms with Gasteiger partial charge in [0.1, 0.15) is 11.9 Å². The van der Waals surface area contributed by atoms with Gasteiger partial charge in [-0.15, -0.1) is 0 Å². The van der Waals surface area contributed by atoms with Gasteiger partial charge in [-0.3, -0.25) is 9.59 Å². The third kappa shape index (κ3) is 4.74. The molecule has 1 saturated heterocycles. The van der Waals surface area contributed by atoms with E-state index >= 15 is 0 Å². The maximum absolute atomic E-state index is 12.4. The number of hydrogen-bond acceptors (Lipinski definition) is 3. The average Bonchev–Trinajstić information content (AvgIpc) is 2.82. The van der Waals surface area contributed by atoms with E-state index in [0.717, 1.165) is 38.1 Å². The first-order valence-corrected chi connectivity index (χ1v) is 9.40. The molecule has 1 atom stereocenters. The first-order valence-electron chi connectivity index (χ1n) is 9.40. The molecule has 0 N–H and O–H groups in total. The van der Waals surface area contributed by atoms with Gasteiger partial charge in [0, 0.05) is 39.4 Å². The molecule has 3 rings (SSSR count). The Morgan fingerprint density at radius 1 is 1.12 bits per heavy atom. The Kier molecular flexibility index (Phi) is 5.95. The lowest BCUT2D eigenvalue weighted by Gasteiger charge is -2.23. The van der Waals surface area contributed by atoms with E-state index in [1.54, 1.807) is 11.9 Å². The van der Waals surface area contributed by atoms with Crippen molar-refractivity contribution in [2.75, 3.05) is 26.7 Å². The zero-order chi connectivity index (χ0) is 17.6. The van der Waals surface area contributed by atoms with Crippen LogP contribution >= 0.6 is 0 Å². The van der Waals surface area contributed by atoms with Crippen molar-refractivity contribution < 1.29 is 14.3 Å². The summed E-state index contributed by atoms with van der Waals surface area (Å²) < 4.78 is 5.89. The zero-order valence-corrected chi connectivity index (χ0v) is 15.1. The molecule has 0 spiro atoms. The Labute approximate surface area is 149 Å². The van der Waals surface area contributed by atoms with E-state index in [0.29, 0.717) is 13.0 Å². The fraction of sp³-hybridized carbons (Fsp3) is 0.600. The van der Waals surface area contributed by atoms with Crippen LogP contribution in [-0.4, -0.2) is 54.4 Å². The van der Waals surface area contributed by atoms with E-state index in [1.165, 1.54) is 18.4 Å². The molecule has 136 valence electrons. The number of carbonyl (C=O) groups excluding carboxylic acids is 2. The standard InChI is InChI=1S/C20H28N2O3/c1-21(15-17-14-16-8-4-5-9-18(16)25-17)19(23)10-11-20(24)22-12-6-2-3-7-13-22/h4-5,8-9,17H,2-3,6-7,10-15H2,1H3. The molecule has 1 aromatic carbocycles. The lowest BCUT2D eigenvalue weighted by molar-refractivity contribution is -0.136. The van der Waals surface area contributed by atoms with Crippen LogP contribution in [0.3, 0.4) is 0 Å². The molecule has 1 fully saturated rings. The number of amides is 2. The maximum atomic E-state index is 12.4. The number of likely N-dealkylation sites (tertiary alicyclic amines) is 1. The number of likely N-dealkylation sites (N-methyl/N-ethyl adjacent to an activating group) is 1. The Bertz CT molecular complexity index is 584. The summed E-state index contributed by atoms with van der Waals surface area (Å²) in [5.74, 6) is 1.06. The molecule has 25 heavy (non-hydrogen) atoms. The Morgan fingerprint density at radius 2 is 1.84 bits per heavy atom. The molecule has 5 heteroatoms. The highest BCUT2D eigenvalue weighted by Gasteiger charge is 2.25. The van der Waals surface area contributed by atoms with Gasteiger partial charge in [0.25, 0.3) is 0 Å². The third-order valence-electron chi connectivity index (χ3n) is 5.13. The van der Waals surface area contributed by atoms with Crippen molar-refractivity contribution in [3.63, 3.8) is 0 Å². The van der Waals surface area contributed by atoms with E-state index in [-0.39, 0.29) is 24.3 Å². The van der Waals surface area contributed by atoms with Crippen molar-refractivity contribution in [3.8, 4) is 5.75 Å². The second kappa shape index (κ2) is 8.37. The number of para-hydroxylation sites is 1. The number of hydrogen-bond donors (Lipinski definition) is 0. The SMILES string of the molecule is CN(CC1Cc2ccccc2O1)C(=O)CCC(=O)N1CCCCCC1. The first-order chi connectivity index (χ1) is 12.1. The molecule has 5 nitrogen and oxygen atoms in total. The molecule has 0 aliphatic carbocycles. The number of rotatable bonds is 5. The summed E-state index contributed by atoms with van der Waals surface area (Å²) in [6.45, 7) is 2.25. The highest BCUT2D eigenvalue weighted by atomic mass is 16.5. The summed E-state index contributed by atoms with van der Waals surface area (Å²) in [6.07, 6.45) is 6.01. The van der Waals surface area contributed by atoms with E-state index in [9.17, 15) is 9.59 Å². The Balaban J connectivity index is 1.41. The summed E-state index contributed by atoms with van der Waals surface area (Å²) in [7, 11) is 1.80. The average molecular weight is 344 g/mol. The van der Waals surface area contributed by atoms with Gasteiger partial charge in [-0.25, -0.2) is 0 Å². The normalized spacial score (nSPS) is 19.7. The minimum atomic E-state index is 0.00709. The summed E-state index contributed by atoms with van der Waals surface area (Å²) in [5.41, 5.74) is 1.20. The van der Waals surface area contributed by atoms with Gasteiger partial charge in [0.15, 0.2) is 0 Å². The van der Waals surface area contributed by atoms with Crippen molar-refractivity contribution in [1.29, 1.82) is 0 Å². The van der Waals surface area contributed by atoms with Gasteiger partial charge in [-0.1, -0.05) is 31.0 Å². The number of carbonyl (C=O) groups is 2. The van der Waals surface area contributed by atoms with E-state index < -0.39 is 0 Å². The quantitative estimate of drug-likeness (QED) is 0.825. The van der Waals surface area contributed by atoms with Crippen molar-refractivity contribution in [2.24, 2.45) is 0 Å². The van der Waals surface area contributed by atoms with Gasteiger partial charge in [0.05, 0.1) is 6.54 Å². The second-order valence-corrected chi connectivity index (χ2v) is 7.12. The smallest absolute Gasteiger partial charge is 0.223 e. The van der Waals surface area contributed by atoms with Crippen LogP contribution in [0.15, 0.2) is 24.3 Å². The van der Waals surface area contributed by atoms with Crippen LogP contribution < -0.4 is 4.74 Å². The highest BCUT2D eigenvalue weighted by Crippen LogP contribution is 2.28. The maximum Gasteiger partial charge on any atom is 0.223 e. The number of ether oxygens (including phenoxy) is 1. The van der Waals surface area contributed by atoms with E-state index in [2.05, 4.69) is 6.07 Å². The first kappa shape index (κ1) is 17.8. The Hall–Kier alpha value is -2.04. The van der Waals surface area contributed by atoms with Crippen molar-refractivity contribution in [3.05, 3.63) is 29.8 Å². The highest BCUT2D eigenvalue weighted by molar-refractivity contribution is 5.83. The van der Waals surface area contributed by atoms with Crippen LogP contribution in [0.1, 0.15) is 44.1 Å². The summed E-state index contributed by atoms with van der Waals surface area (Å²) >= 11 is 0. The fourth-order valence-electron chi connectivity index (χ4n) is 3.65. The molecule has 1 aromatic rings. The molecule has 1 unspecified atom stereocenters.